The van der Waals surface area contributed by atoms with E-state index in [-0.39, 0.29) is 11.4 Å². The van der Waals surface area contributed by atoms with E-state index in [9.17, 15) is 18.3 Å². The van der Waals surface area contributed by atoms with Crippen LogP contribution in [0.1, 0.15) is 26.3 Å². The molecular formula is C14H21NO5S. The lowest BCUT2D eigenvalue weighted by Crippen LogP contribution is -2.52. The minimum absolute atomic E-state index is 0.0528. The maximum atomic E-state index is 12.7. The van der Waals surface area contributed by atoms with Crippen LogP contribution in [0.15, 0.2) is 23.1 Å². The number of carboxylic acids is 1. The number of aliphatic carboxylic acids is 1. The van der Waals surface area contributed by atoms with Gasteiger partial charge in [-0.15, -0.1) is 0 Å². The van der Waals surface area contributed by atoms with E-state index in [1.165, 1.54) is 33.1 Å². The zero-order valence-electron chi connectivity index (χ0n) is 12.9. The lowest BCUT2D eigenvalue weighted by atomic mass is 10.1. The molecule has 7 heteroatoms. The van der Waals surface area contributed by atoms with Crippen molar-refractivity contribution >= 4 is 16.0 Å². The molecule has 0 saturated heterocycles. The molecule has 21 heavy (non-hydrogen) atoms. The number of aryl methyl sites for hydroxylation is 1. The number of hydrogen-bond donors (Lipinski definition) is 1. The van der Waals surface area contributed by atoms with E-state index >= 15 is 0 Å². The number of methoxy groups -OCH3 is 1. The van der Waals surface area contributed by atoms with Gasteiger partial charge in [0.1, 0.15) is 11.3 Å². The summed E-state index contributed by atoms with van der Waals surface area (Å²) < 4.78 is 31.5. The molecule has 0 amide bonds. The molecule has 0 aliphatic rings. The molecule has 118 valence electrons. The van der Waals surface area contributed by atoms with E-state index in [0.717, 1.165) is 4.31 Å². The van der Waals surface area contributed by atoms with Crippen molar-refractivity contribution in [2.24, 2.45) is 0 Å². The second-order valence-electron chi connectivity index (χ2n) is 5.17. The van der Waals surface area contributed by atoms with E-state index in [4.69, 9.17) is 4.74 Å². The fourth-order valence-corrected chi connectivity index (χ4v) is 3.95. The number of carbonyl (C=O) groups is 1. The smallest absolute Gasteiger partial charge is 0.324 e. The molecule has 0 spiro atoms. The quantitative estimate of drug-likeness (QED) is 0.866. The van der Waals surface area contributed by atoms with Crippen molar-refractivity contribution in [2.75, 3.05) is 13.7 Å². The van der Waals surface area contributed by atoms with Crippen molar-refractivity contribution in [3.8, 4) is 5.75 Å². The Bertz CT molecular complexity index is 637. The highest BCUT2D eigenvalue weighted by Crippen LogP contribution is 2.28. The first-order valence-corrected chi connectivity index (χ1v) is 7.94. The summed E-state index contributed by atoms with van der Waals surface area (Å²) in [7, 11) is -2.40. The number of benzene rings is 1. The van der Waals surface area contributed by atoms with Gasteiger partial charge in [0, 0.05) is 6.54 Å². The summed E-state index contributed by atoms with van der Waals surface area (Å²) in [6.45, 7) is 6.14. The van der Waals surface area contributed by atoms with Crippen LogP contribution < -0.4 is 4.74 Å². The third-order valence-corrected chi connectivity index (χ3v) is 5.53. The van der Waals surface area contributed by atoms with Crippen LogP contribution in [0.3, 0.4) is 0 Å². The molecular weight excluding hydrogens is 294 g/mol. The summed E-state index contributed by atoms with van der Waals surface area (Å²) >= 11 is 0. The molecule has 0 fully saturated rings. The fourth-order valence-electron chi connectivity index (χ4n) is 2.11. The highest BCUT2D eigenvalue weighted by Gasteiger charge is 2.41. The topological polar surface area (TPSA) is 83.9 Å². The first-order chi connectivity index (χ1) is 9.58. The summed E-state index contributed by atoms with van der Waals surface area (Å²) in [6.07, 6.45) is 0. The van der Waals surface area contributed by atoms with Crippen molar-refractivity contribution in [3.63, 3.8) is 0 Å². The molecule has 1 aromatic carbocycles. The lowest BCUT2D eigenvalue weighted by molar-refractivity contribution is -0.146. The third kappa shape index (κ3) is 3.19. The van der Waals surface area contributed by atoms with E-state index < -0.39 is 21.5 Å². The normalized spacial score (nSPS) is 12.5. The van der Waals surface area contributed by atoms with Crippen LogP contribution in [0.25, 0.3) is 0 Å². The van der Waals surface area contributed by atoms with Crippen molar-refractivity contribution in [1.82, 2.24) is 4.31 Å². The summed E-state index contributed by atoms with van der Waals surface area (Å²) in [6, 6.07) is 4.46. The number of rotatable bonds is 6. The first kappa shape index (κ1) is 17.5. The number of nitrogens with zero attached hydrogens (tertiary/aromatic N) is 1. The van der Waals surface area contributed by atoms with Crippen molar-refractivity contribution in [3.05, 3.63) is 23.8 Å². The van der Waals surface area contributed by atoms with Gasteiger partial charge < -0.3 is 9.84 Å². The predicted molar refractivity (Wildman–Crippen MR) is 79.0 cm³/mol. The number of ether oxygens (including phenoxy) is 1. The largest absolute Gasteiger partial charge is 0.496 e. The Morgan fingerprint density at radius 3 is 2.33 bits per heavy atom. The average Bonchev–Trinajstić information content (AvgIpc) is 2.38. The maximum Gasteiger partial charge on any atom is 0.324 e. The molecule has 0 radical (unpaired) electrons. The van der Waals surface area contributed by atoms with Gasteiger partial charge in [0.05, 0.1) is 12.0 Å². The van der Waals surface area contributed by atoms with Crippen LogP contribution in [0.2, 0.25) is 0 Å². The van der Waals surface area contributed by atoms with Gasteiger partial charge in [-0.3, -0.25) is 4.79 Å². The van der Waals surface area contributed by atoms with Gasteiger partial charge in [-0.25, -0.2) is 8.42 Å². The summed E-state index contributed by atoms with van der Waals surface area (Å²) in [5.74, 6) is -0.618. The minimum Gasteiger partial charge on any atom is -0.496 e. The Hall–Kier alpha value is -1.60. The Kier molecular flexibility index (Phi) is 5.01. The van der Waals surface area contributed by atoms with Crippen LogP contribution in [-0.4, -0.2) is 43.0 Å². The SMILES string of the molecule is CCN(C(C)(C)C(=O)O)S(=O)(=O)c1ccc(OC)c(C)c1. The van der Waals surface area contributed by atoms with Crippen molar-refractivity contribution in [1.29, 1.82) is 0 Å². The molecule has 0 bridgehead atoms. The highest BCUT2D eigenvalue weighted by molar-refractivity contribution is 7.89. The Morgan fingerprint density at radius 1 is 1.38 bits per heavy atom. The Balaban J connectivity index is 3.38. The Labute approximate surface area is 125 Å². The fraction of sp³-hybridized carbons (Fsp3) is 0.500. The molecule has 6 nitrogen and oxygen atoms in total. The molecule has 1 rings (SSSR count). The zero-order chi connectivity index (χ0) is 16.4. The van der Waals surface area contributed by atoms with Gasteiger partial charge in [0.15, 0.2) is 0 Å². The molecule has 0 atom stereocenters. The molecule has 0 aliphatic carbocycles. The molecule has 1 N–H and O–H groups in total. The van der Waals surface area contributed by atoms with Gasteiger partial charge in [-0.05, 0) is 44.5 Å². The molecule has 0 aliphatic heterocycles. The van der Waals surface area contributed by atoms with Gasteiger partial charge in [-0.2, -0.15) is 4.31 Å². The zero-order valence-corrected chi connectivity index (χ0v) is 13.7. The summed E-state index contributed by atoms with van der Waals surface area (Å²) in [5.41, 5.74) is -0.857. The van der Waals surface area contributed by atoms with Crippen LogP contribution in [0, 0.1) is 6.92 Å². The predicted octanol–water partition coefficient (Wildman–Crippen LogP) is 1.88. The number of hydrogen-bond acceptors (Lipinski definition) is 4. The number of carboxylic acid groups (broad SMARTS) is 1. The van der Waals surface area contributed by atoms with Gasteiger partial charge in [0.25, 0.3) is 0 Å². The van der Waals surface area contributed by atoms with Crippen LogP contribution in [0.4, 0.5) is 0 Å². The molecule has 0 heterocycles. The minimum atomic E-state index is -3.90. The van der Waals surface area contributed by atoms with Gasteiger partial charge in [-0.1, -0.05) is 6.92 Å². The standard InChI is InChI=1S/C14H21NO5S/c1-6-15(14(3,4)13(16)17)21(18,19)11-7-8-12(20-5)10(2)9-11/h7-9H,6H2,1-5H3,(H,16,17). The number of likely N-dealkylation sites (N-methyl/N-ethyl adjacent to an activating group) is 1. The maximum absolute atomic E-state index is 12.7. The van der Waals surface area contributed by atoms with Crippen LogP contribution in [0.5, 0.6) is 5.75 Å². The van der Waals surface area contributed by atoms with Crippen molar-refractivity contribution in [2.45, 2.75) is 38.1 Å². The monoisotopic (exact) mass is 315 g/mol. The van der Waals surface area contributed by atoms with Crippen molar-refractivity contribution < 1.29 is 23.1 Å². The Morgan fingerprint density at radius 2 is 1.95 bits per heavy atom. The highest BCUT2D eigenvalue weighted by atomic mass is 32.2. The van der Waals surface area contributed by atoms with Crippen LogP contribution >= 0.6 is 0 Å². The summed E-state index contributed by atoms with van der Waals surface area (Å²) in [4.78, 5) is 11.4. The second-order valence-corrected chi connectivity index (χ2v) is 7.03. The molecule has 0 aromatic heterocycles. The average molecular weight is 315 g/mol. The third-order valence-electron chi connectivity index (χ3n) is 3.39. The second kappa shape index (κ2) is 6.03. The molecule has 0 unspecified atom stereocenters. The van der Waals surface area contributed by atoms with E-state index in [1.54, 1.807) is 19.9 Å². The molecule has 1 aromatic rings. The van der Waals surface area contributed by atoms with E-state index in [1.807, 2.05) is 0 Å². The van der Waals surface area contributed by atoms with E-state index in [0.29, 0.717) is 11.3 Å². The number of sulfonamides is 1. The molecule has 0 saturated carbocycles. The van der Waals surface area contributed by atoms with E-state index in [2.05, 4.69) is 0 Å². The van der Waals surface area contributed by atoms with Gasteiger partial charge in [0.2, 0.25) is 10.0 Å². The summed E-state index contributed by atoms with van der Waals surface area (Å²) in [5, 5.41) is 9.26. The van der Waals surface area contributed by atoms with Crippen LogP contribution in [-0.2, 0) is 14.8 Å². The first-order valence-electron chi connectivity index (χ1n) is 6.50. The van der Waals surface area contributed by atoms with Gasteiger partial charge >= 0.3 is 5.97 Å². The lowest BCUT2D eigenvalue weighted by Gasteiger charge is -2.33.